The highest BCUT2D eigenvalue weighted by Crippen LogP contribution is 2.23. The smallest absolute Gasteiger partial charge is 0.182 e. The van der Waals surface area contributed by atoms with Crippen LogP contribution in [0.1, 0.15) is 219 Å². The molecule has 0 radical (unpaired) electrons. The molecule has 0 spiro atoms. The van der Waals surface area contributed by atoms with Crippen molar-refractivity contribution in [2.75, 3.05) is 59.1 Å². The summed E-state index contributed by atoms with van der Waals surface area (Å²) < 4.78 is 0. The second kappa shape index (κ2) is 43.7. The van der Waals surface area contributed by atoms with Gasteiger partial charge in [0.1, 0.15) is 0 Å². The summed E-state index contributed by atoms with van der Waals surface area (Å²) in [7, 11) is 0. The van der Waals surface area contributed by atoms with Crippen molar-refractivity contribution in [3.8, 4) is 0 Å². The molecule has 0 aromatic rings. The zero-order valence-corrected chi connectivity index (χ0v) is 38.3. The third-order valence-corrected chi connectivity index (χ3v) is 11.7. The van der Waals surface area contributed by atoms with E-state index in [-0.39, 0.29) is 50.6 Å². The highest BCUT2D eigenvalue weighted by molar-refractivity contribution is 6.10. The van der Waals surface area contributed by atoms with Gasteiger partial charge in [-0.2, -0.15) is 0 Å². The fourth-order valence-corrected chi connectivity index (χ4v) is 7.72. The molecule has 0 aliphatic rings. The van der Waals surface area contributed by atoms with E-state index < -0.39 is 5.60 Å². The number of rotatable bonds is 47. The minimum absolute atomic E-state index is 0.0440. The van der Waals surface area contributed by atoms with Crippen LogP contribution in [0.15, 0.2) is 24.3 Å². The number of unbranched alkanes of at least 4 members (excludes halogenated alkanes) is 22. The van der Waals surface area contributed by atoms with Crippen molar-refractivity contribution < 1.29 is 30.0 Å². The molecule has 342 valence electrons. The van der Waals surface area contributed by atoms with Crippen molar-refractivity contribution in [2.24, 2.45) is 0 Å². The molecule has 0 unspecified atom stereocenters. The van der Waals surface area contributed by atoms with E-state index in [2.05, 4.69) is 48.0 Å². The highest BCUT2D eigenvalue weighted by Gasteiger charge is 2.41. The van der Waals surface area contributed by atoms with E-state index in [0.29, 0.717) is 58.3 Å². The van der Waals surface area contributed by atoms with Crippen LogP contribution in [0, 0.1) is 0 Å². The van der Waals surface area contributed by atoms with Gasteiger partial charge in [0.15, 0.2) is 17.2 Å². The molecule has 0 heterocycles. The topological polar surface area (TPSA) is 122 Å². The second-order valence-corrected chi connectivity index (χ2v) is 17.0. The van der Waals surface area contributed by atoms with Crippen molar-refractivity contribution in [3.63, 3.8) is 0 Å². The number of allylic oxidation sites excluding steroid dienone is 4. The van der Waals surface area contributed by atoms with Crippen LogP contribution in [-0.2, 0) is 9.59 Å². The van der Waals surface area contributed by atoms with Crippen LogP contribution >= 0.6 is 0 Å². The van der Waals surface area contributed by atoms with E-state index in [0.717, 1.165) is 77.3 Å². The van der Waals surface area contributed by atoms with Gasteiger partial charge in [0.25, 0.3) is 0 Å². The van der Waals surface area contributed by atoms with Crippen LogP contribution in [0.4, 0.5) is 0 Å². The Labute approximate surface area is 358 Å². The van der Waals surface area contributed by atoms with Gasteiger partial charge in [0.05, 0.1) is 0 Å². The Kier molecular flexibility index (Phi) is 42.6. The Morgan fingerprint density at radius 3 is 1.02 bits per heavy atom. The first-order valence-electron chi connectivity index (χ1n) is 24.8. The van der Waals surface area contributed by atoms with Gasteiger partial charge in [0, 0.05) is 78.4 Å². The van der Waals surface area contributed by atoms with Crippen LogP contribution in [0.3, 0.4) is 0 Å². The lowest BCUT2D eigenvalue weighted by Gasteiger charge is -2.31. The Morgan fingerprint density at radius 2 is 0.690 bits per heavy atom. The van der Waals surface area contributed by atoms with E-state index in [1.807, 2.05) is 0 Å². The minimum atomic E-state index is -1.98. The molecule has 0 fully saturated rings. The Hall–Kier alpha value is -1.42. The van der Waals surface area contributed by atoms with Crippen molar-refractivity contribution >= 4 is 11.6 Å². The maximum absolute atomic E-state index is 13.7. The quantitative estimate of drug-likeness (QED) is 0.0272. The fraction of sp³-hybridized carbons (Fsp3) is 0.880. The Balaban J connectivity index is 5.01. The zero-order valence-electron chi connectivity index (χ0n) is 38.3. The van der Waals surface area contributed by atoms with E-state index in [9.17, 15) is 30.0 Å². The van der Waals surface area contributed by atoms with Crippen molar-refractivity contribution in [1.82, 2.24) is 9.80 Å². The third kappa shape index (κ3) is 34.3. The molecule has 0 amide bonds. The normalized spacial score (nSPS) is 12.3. The summed E-state index contributed by atoms with van der Waals surface area (Å²) in [4.78, 5) is 31.8. The molecule has 0 saturated carbocycles. The Bertz CT molecular complexity index is 896. The Morgan fingerprint density at radius 1 is 0.397 bits per heavy atom. The molecular weight excluding hydrogens is 725 g/mol. The molecule has 0 bridgehead atoms. The van der Waals surface area contributed by atoms with Crippen LogP contribution < -0.4 is 0 Å². The molecule has 0 atom stereocenters. The molecule has 8 nitrogen and oxygen atoms in total. The number of carbonyl (C=O) groups excluding carboxylic acids is 2. The molecule has 0 rings (SSSR count). The first kappa shape index (κ1) is 56.6. The van der Waals surface area contributed by atoms with Gasteiger partial charge >= 0.3 is 0 Å². The summed E-state index contributed by atoms with van der Waals surface area (Å²) in [5.41, 5.74) is -1.98. The predicted octanol–water partition coefficient (Wildman–Crippen LogP) is 11.1. The van der Waals surface area contributed by atoms with E-state index in [1.165, 1.54) is 89.9 Å². The fourth-order valence-electron chi connectivity index (χ4n) is 7.72. The average molecular weight is 821 g/mol. The van der Waals surface area contributed by atoms with Crippen molar-refractivity contribution in [1.29, 1.82) is 0 Å². The van der Waals surface area contributed by atoms with Crippen LogP contribution in [0.2, 0.25) is 0 Å². The SMILES string of the molecule is CCCCCCCC/C=C\CCCCCCCC(=O)C(O)(CCN(CCCO)CCN(CCCO)CCCO)C(=O)CCCCCCC/C=C\CCCCCCCC. The predicted molar refractivity (Wildman–Crippen MR) is 246 cm³/mol. The molecule has 4 N–H and O–H groups in total. The van der Waals surface area contributed by atoms with Crippen LogP contribution in [0.5, 0.6) is 0 Å². The van der Waals surface area contributed by atoms with Gasteiger partial charge in [0.2, 0.25) is 0 Å². The number of hydrogen-bond acceptors (Lipinski definition) is 8. The third-order valence-electron chi connectivity index (χ3n) is 11.7. The lowest BCUT2D eigenvalue weighted by molar-refractivity contribution is -0.152. The second-order valence-electron chi connectivity index (χ2n) is 17.0. The number of aliphatic hydroxyl groups is 4. The van der Waals surface area contributed by atoms with E-state index in [4.69, 9.17) is 0 Å². The summed E-state index contributed by atoms with van der Waals surface area (Å²) in [6, 6.07) is 0. The van der Waals surface area contributed by atoms with Gasteiger partial charge in [-0.1, -0.05) is 141 Å². The first-order valence-corrected chi connectivity index (χ1v) is 24.8. The van der Waals surface area contributed by atoms with Crippen molar-refractivity contribution in [3.05, 3.63) is 24.3 Å². The maximum atomic E-state index is 13.7. The maximum Gasteiger partial charge on any atom is 0.182 e. The van der Waals surface area contributed by atoms with Gasteiger partial charge in [-0.3, -0.25) is 9.59 Å². The summed E-state index contributed by atoms with van der Waals surface area (Å²) in [5.74, 6) is -0.671. The van der Waals surface area contributed by atoms with Gasteiger partial charge < -0.3 is 30.2 Å². The monoisotopic (exact) mass is 821 g/mol. The van der Waals surface area contributed by atoms with Crippen molar-refractivity contribution in [2.45, 2.75) is 225 Å². The number of ketones is 2. The summed E-state index contributed by atoms with van der Waals surface area (Å²) >= 11 is 0. The van der Waals surface area contributed by atoms with Gasteiger partial charge in [-0.25, -0.2) is 0 Å². The molecule has 0 aliphatic heterocycles. The lowest BCUT2D eigenvalue weighted by atomic mass is 9.84. The summed E-state index contributed by atoms with van der Waals surface area (Å²) in [5, 5.41) is 40.2. The molecule has 8 heteroatoms. The average Bonchev–Trinajstić information content (AvgIpc) is 3.23. The molecule has 0 aromatic carbocycles. The summed E-state index contributed by atoms with van der Waals surface area (Å²) in [6.45, 7) is 8.55. The largest absolute Gasteiger partial charge is 0.396 e. The van der Waals surface area contributed by atoms with Gasteiger partial charge in [-0.05, 0) is 83.5 Å². The number of Topliss-reactive ketones (excluding diaryl/α,β-unsaturated/α-hetero) is 2. The standard InChI is InChI=1S/C50H96N2O6/c1-3-5-7-9-11-13-15-17-19-21-23-25-27-29-31-36-48(56)50(58,38-42-52(41-35-47-55)44-43-51(39-33-45-53)40-34-46-54)49(57)37-32-30-28-26-24-22-20-18-16-14-12-10-8-6-4-2/h17-20,53-55,58H,3-16,21-47H2,1-2H3/b19-17-,20-18-. The van der Waals surface area contributed by atoms with Crippen LogP contribution in [-0.4, -0.2) is 106 Å². The van der Waals surface area contributed by atoms with E-state index in [1.54, 1.807) is 0 Å². The first-order chi connectivity index (χ1) is 28.4. The molecule has 0 saturated heterocycles. The minimum Gasteiger partial charge on any atom is -0.396 e. The molecule has 58 heavy (non-hydrogen) atoms. The van der Waals surface area contributed by atoms with E-state index >= 15 is 0 Å². The molecule has 0 aromatic heterocycles. The van der Waals surface area contributed by atoms with Gasteiger partial charge in [-0.15, -0.1) is 0 Å². The number of carbonyl (C=O) groups is 2. The molecular formula is C50H96N2O6. The van der Waals surface area contributed by atoms with Crippen LogP contribution in [0.25, 0.3) is 0 Å². The lowest BCUT2D eigenvalue weighted by Crippen LogP contribution is -2.49. The summed E-state index contributed by atoms with van der Waals surface area (Å²) in [6.07, 6.45) is 42.1. The highest BCUT2D eigenvalue weighted by atomic mass is 16.3. The molecule has 0 aliphatic carbocycles. The zero-order chi connectivity index (χ0) is 42.6. The number of hydrogen-bond donors (Lipinski definition) is 4. The number of aliphatic hydroxyl groups excluding tert-OH is 3. The number of nitrogens with zero attached hydrogens (tertiary/aromatic N) is 2.